The quantitative estimate of drug-likeness (QED) is 0.756. The first-order chi connectivity index (χ1) is 8.97. The Morgan fingerprint density at radius 2 is 2.26 bits per heavy atom. The fraction of sp³-hybridized carbons (Fsp3) is 0.231. The van der Waals surface area contributed by atoms with Crippen LogP contribution in [0.3, 0.4) is 0 Å². The summed E-state index contributed by atoms with van der Waals surface area (Å²) >= 11 is 5.59. The SMILES string of the molecule is Cc1nn(C)cc1CNC(=O)c1cc(I)ccc1Br. The van der Waals surface area contributed by atoms with Gasteiger partial charge in [-0.05, 0) is 63.6 Å². The molecule has 1 N–H and O–H groups in total. The number of halogens is 2. The lowest BCUT2D eigenvalue weighted by molar-refractivity contribution is 0.0950. The Hall–Kier alpha value is -0.890. The molecule has 0 fully saturated rings. The molecule has 1 aromatic heterocycles. The van der Waals surface area contributed by atoms with E-state index in [1.807, 2.05) is 38.4 Å². The van der Waals surface area contributed by atoms with Gasteiger partial charge in [0.2, 0.25) is 0 Å². The number of rotatable bonds is 3. The summed E-state index contributed by atoms with van der Waals surface area (Å²) in [5.74, 6) is -0.0892. The highest BCUT2D eigenvalue weighted by atomic mass is 127. The lowest BCUT2D eigenvalue weighted by Crippen LogP contribution is -2.23. The van der Waals surface area contributed by atoms with Crippen LogP contribution in [0.1, 0.15) is 21.6 Å². The van der Waals surface area contributed by atoms with Crippen molar-refractivity contribution in [3.05, 3.63) is 49.3 Å². The van der Waals surface area contributed by atoms with Crippen LogP contribution in [0.4, 0.5) is 0 Å². The monoisotopic (exact) mass is 433 g/mol. The molecule has 2 rings (SSSR count). The van der Waals surface area contributed by atoms with Crippen LogP contribution in [0.25, 0.3) is 0 Å². The Balaban J connectivity index is 2.09. The minimum absolute atomic E-state index is 0.0892. The van der Waals surface area contributed by atoms with Gasteiger partial charge in [-0.15, -0.1) is 0 Å². The summed E-state index contributed by atoms with van der Waals surface area (Å²) in [6.45, 7) is 2.42. The number of benzene rings is 1. The molecule has 6 heteroatoms. The second-order valence-corrected chi connectivity index (χ2v) is 6.32. The van der Waals surface area contributed by atoms with Crippen LogP contribution in [0.5, 0.6) is 0 Å². The third-order valence-corrected chi connectivity index (χ3v) is 4.09. The summed E-state index contributed by atoms with van der Waals surface area (Å²) in [6, 6.07) is 5.69. The maximum Gasteiger partial charge on any atom is 0.252 e. The van der Waals surface area contributed by atoms with Crippen LogP contribution in [0.2, 0.25) is 0 Å². The molecule has 4 nitrogen and oxygen atoms in total. The molecule has 1 aromatic carbocycles. The van der Waals surface area contributed by atoms with Crippen molar-refractivity contribution in [2.75, 3.05) is 0 Å². The van der Waals surface area contributed by atoms with Gasteiger partial charge in [-0.25, -0.2) is 0 Å². The fourth-order valence-corrected chi connectivity index (χ4v) is 2.68. The normalized spacial score (nSPS) is 10.5. The first kappa shape index (κ1) is 14.5. The Morgan fingerprint density at radius 3 is 2.89 bits per heavy atom. The molecule has 2 aromatic rings. The maximum absolute atomic E-state index is 12.1. The highest BCUT2D eigenvalue weighted by Crippen LogP contribution is 2.19. The van der Waals surface area contributed by atoms with Gasteiger partial charge in [-0.3, -0.25) is 9.48 Å². The zero-order valence-electron chi connectivity index (χ0n) is 10.6. The van der Waals surface area contributed by atoms with Gasteiger partial charge in [0.15, 0.2) is 0 Å². The zero-order chi connectivity index (χ0) is 14.0. The third kappa shape index (κ3) is 3.56. The van der Waals surface area contributed by atoms with Crippen molar-refractivity contribution in [3.8, 4) is 0 Å². The van der Waals surface area contributed by atoms with Crippen molar-refractivity contribution in [2.45, 2.75) is 13.5 Å². The molecule has 0 unspecified atom stereocenters. The molecule has 1 heterocycles. The van der Waals surface area contributed by atoms with Crippen molar-refractivity contribution in [1.82, 2.24) is 15.1 Å². The number of hydrogen-bond donors (Lipinski definition) is 1. The minimum atomic E-state index is -0.0892. The molecular weight excluding hydrogens is 421 g/mol. The van der Waals surface area contributed by atoms with Crippen molar-refractivity contribution in [3.63, 3.8) is 0 Å². The molecule has 0 saturated carbocycles. The molecule has 0 atom stereocenters. The molecule has 100 valence electrons. The van der Waals surface area contributed by atoms with E-state index in [0.717, 1.165) is 19.3 Å². The molecular formula is C13H13BrIN3O. The minimum Gasteiger partial charge on any atom is -0.348 e. The number of nitrogens with zero attached hydrogens (tertiary/aromatic N) is 2. The largest absolute Gasteiger partial charge is 0.348 e. The van der Waals surface area contributed by atoms with Gasteiger partial charge in [0.05, 0.1) is 11.3 Å². The average Bonchev–Trinajstić information content (AvgIpc) is 2.68. The van der Waals surface area contributed by atoms with Crippen LogP contribution in [-0.4, -0.2) is 15.7 Å². The summed E-state index contributed by atoms with van der Waals surface area (Å²) in [4.78, 5) is 12.1. The van der Waals surface area contributed by atoms with Gasteiger partial charge in [-0.2, -0.15) is 5.10 Å². The molecule has 0 saturated heterocycles. The maximum atomic E-state index is 12.1. The highest BCUT2D eigenvalue weighted by molar-refractivity contribution is 14.1. The van der Waals surface area contributed by atoms with Gasteiger partial charge >= 0.3 is 0 Å². The van der Waals surface area contributed by atoms with Crippen LogP contribution in [-0.2, 0) is 13.6 Å². The molecule has 0 radical (unpaired) electrons. The smallest absolute Gasteiger partial charge is 0.252 e. The second kappa shape index (κ2) is 6.04. The molecule has 1 amide bonds. The molecule has 0 aliphatic heterocycles. The van der Waals surface area contributed by atoms with Gasteiger partial charge in [0, 0.05) is 33.4 Å². The van der Waals surface area contributed by atoms with E-state index in [1.165, 1.54) is 0 Å². The van der Waals surface area contributed by atoms with Crippen molar-refractivity contribution < 1.29 is 4.79 Å². The number of carbonyl (C=O) groups excluding carboxylic acids is 1. The van der Waals surface area contributed by atoms with Crippen molar-refractivity contribution >= 4 is 44.4 Å². The highest BCUT2D eigenvalue weighted by Gasteiger charge is 2.11. The Labute approximate surface area is 133 Å². The van der Waals surface area contributed by atoms with E-state index in [1.54, 1.807) is 4.68 Å². The van der Waals surface area contributed by atoms with E-state index in [0.29, 0.717) is 12.1 Å². The molecule has 0 bridgehead atoms. The number of nitrogens with one attached hydrogen (secondary N) is 1. The first-order valence-corrected chi connectivity index (χ1v) is 7.57. The fourth-order valence-electron chi connectivity index (χ4n) is 1.76. The zero-order valence-corrected chi connectivity index (χ0v) is 14.3. The number of hydrogen-bond acceptors (Lipinski definition) is 2. The Morgan fingerprint density at radius 1 is 1.53 bits per heavy atom. The number of aryl methyl sites for hydroxylation is 2. The van der Waals surface area contributed by atoms with Crippen LogP contribution < -0.4 is 5.32 Å². The summed E-state index contributed by atoms with van der Waals surface area (Å²) in [5.41, 5.74) is 2.61. The van der Waals surface area contributed by atoms with Crippen molar-refractivity contribution in [2.24, 2.45) is 7.05 Å². The molecule has 0 aliphatic carbocycles. The standard InChI is InChI=1S/C13H13BrIN3O/c1-8-9(7-18(2)17-8)6-16-13(19)11-5-10(15)3-4-12(11)14/h3-5,7H,6H2,1-2H3,(H,16,19). The second-order valence-electron chi connectivity index (χ2n) is 4.22. The third-order valence-electron chi connectivity index (χ3n) is 2.73. The van der Waals surface area contributed by atoms with E-state index in [-0.39, 0.29) is 5.91 Å². The van der Waals surface area contributed by atoms with Crippen LogP contribution in [0.15, 0.2) is 28.9 Å². The molecule has 0 aliphatic rings. The summed E-state index contributed by atoms with van der Waals surface area (Å²) < 4.78 is 3.58. The number of carbonyl (C=O) groups is 1. The van der Waals surface area contributed by atoms with E-state index < -0.39 is 0 Å². The lowest BCUT2D eigenvalue weighted by atomic mass is 10.2. The molecule has 0 spiro atoms. The predicted molar refractivity (Wildman–Crippen MR) is 86.0 cm³/mol. The predicted octanol–water partition coefficient (Wildman–Crippen LogP) is 3.03. The van der Waals surface area contributed by atoms with Gasteiger partial charge in [0.25, 0.3) is 5.91 Å². The van der Waals surface area contributed by atoms with Gasteiger partial charge < -0.3 is 5.32 Å². The summed E-state index contributed by atoms with van der Waals surface area (Å²) in [5, 5.41) is 7.16. The average molecular weight is 434 g/mol. The van der Waals surface area contributed by atoms with E-state index in [2.05, 4.69) is 48.9 Å². The Bertz CT molecular complexity index is 624. The van der Waals surface area contributed by atoms with E-state index >= 15 is 0 Å². The lowest BCUT2D eigenvalue weighted by Gasteiger charge is -2.07. The van der Waals surface area contributed by atoms with Crippen molar-refractivity contribution in [1.29, 1.82) is 0 Å². The summed E-state index contributed by atoms with van der Waals surface area (Å²) in [6.07, 6.45) is 1.92. The Kier molecular flexibility index (Phi) is 4.62. The topological polar surface area (TPSA) is 46.9 Å². The number of aromatic nitrogens is 2. The van der Waals surface area contributed by atoms with E-state index in [4.69, 9.17) is 0 Å². The number of amides is 1. The molecule has 19 heavy (non-hydrogen) atoms. The van der Waals surface area contributed by atoms with E-state index in [9.17, 15) is 4.79 Å². The van der Waals surface area contributed by atoms with Crippen LogP contribution >= 0.6 is 38.5 Å². The van der Waals surface area contributed by atoms with Gasteiger partial charge in [0.1, 0.15) is 0 Å². The first-order valence-electron chi connectivity index (χ1n) is 5.69. The van der Waals surface area contributed by atoms with Crippen LogP contribution in [0, 0.1) is 10.5 Å². The van der Waals surface area contributed by atoms with Gasteiger partial charge in [-0.1, -0.05) is 0 Å². The summed E-state index contributed by atoms with van der Waals surface area (Å²) in [7, 11) is 1.87.